The predicted molar refractivity (Wildman–Crippen MR) is 81.1 cm³/mol. The molecule has 2 aliphatic rings. The molecular weight excluding hydrogens is 271 g/mol. The van der Waals surface area contributed by atoms with Gasteiger partial charge in [-0.1, -0.05) is 0 Å². The molecule has 0 spiro atoms. The molecule has 0 radical (unpaired) electrons. The van der Waals surface area contributed by atoms with Crippen LogP contribution in [0.4, 0.5) is 15.8 Å². The van der Waals surface area contributed by atoms with Gasteiger partial charge >= 0.3 is 0 Å². The Hall–Kier alpha value is -1.49. The van der Waals surface area contributed by atoms with Crippen LogP contribution in [-0.2, 0) is 0 Å². The van der Waals surface area contributed by atoms with Gasteiger partial charge in [0.1, 0.15) is 0 Å². The largest absolute Gasteiger partial charge is 0.488 e. The normalized spacial score (nSPS) is 28.2. The third kappa shape index (κ3) is 2.67. The van der Waals surface area contributed by atoms with Gasteiger partial charge in [0.25, 0.3) is 0 Å². The molecule has 2 heterocycles. The minimum Gasteiger partial charge on any atom is -0.488 e. The Morgan fingerprint density at radius 1 is 1.29 bits per heavy atom. The van der Waals surface area contributed by atoms with E-state index < -0.39 is 5.82 Å². The van der Waals surface area contributed by atoms with Gasteiger partial charge in [-0.05, 0) is 39.5 Å². The van der Waals surface area contributed by atoms with Crippen molar-refractivity contribution in [1.29, 1.82) is 0 Å². The summed E-state index contributed by atoms with van der Waals surface area (Å²) >= 11 is 0. The van der Waals surface area contributed by atoms with E-state index in [-0.39, 0.29) is 18.0 Å². The van der Waals surface area contributed by atoms with Gasteiger partial charge in [-0.3, -0.25) is 0 Å². The van der Waals surface area contributed by atoms with E-state index in [0.717, 1.165) is 31.4 Å². The molecule has 2 atom stereocenters. The summed E-state index contributed by atoms with van der Waals surface area (Å²) in [5, 5.41) is 9.90. The molecule has 1 aromatic rings. The van der Waals surface area contributed by atoms with Crippen LogP contribution in [0.25, 0.3) is 0 Å². The molecule has 2 saturated heterocycles. The zero-order valence-corrected chi connectivity index (χ0v) is 12.6. The number of nitrogens with two attached hydrogens (primary N) is 1. The minimum atomic E-state index is -0.422. The van der Waals surface area contributed by atoms with Crippen LogP contribution >= 0.6 is 0 Å². The number of piperidine rings is 1. The van der Waals surface area contributed by atoms with E-state index in [2.05, 4.69) is 4.90 Å². The number of aliphatic hydroxyl groups is 1. The van der Waals surface area contributed by atoms with Gasteiger partial charge in [0, 0.05) is 24.2 Å². The molecule has 0 amide bonds. The van der Waals surface area contributed by atoms with E-state index in [4.69, 9.17) is 10.5 Å². The average molecular weight is 294 g/mol. The lowest BCUT2D eigenvalue weighted by Gasteiger charge is -2.39. The first-order valence-corrected chi connectivity index (χ1v) is 7.67. The molecule has 3 N–H and O–H groups in total. The number of ether oxygens (including phenoxy) is 1. The van der Waals surface area contributed by atoms with Crippen molar-refractivity contribution in [2.45, 2.75) is 63.8 Å². The van der Waals surface area contributed by atoms with E-state index in [0.29, 0.717) is 17.8 Å². The second kappa shape index (κ2) is 5.37. The zero-order valence-electron chi connectivity index (χ0n) is 12.6. The van der Waals surface area contributed by atoms with Gasteiger partial charge in [0.15, 0.2) is 11.6 Å². The fourth-order valence-corrected chi connectivity index (χ4v) is 3.67. The van der Waals surface area contributed by atoms with E-state index in [1.807, 2.05) is 13.8 Å². The lowest BCUT2D eigenvalue weighted by molar-refractivity contribution is 0.126. The zero-order chi connectivity index (χ0) is 15.1. The van der Waals surface area contributed by atoms with E-state index >= 15 is 0 Å². The van der Waals surface area contributed by atoms with Crippen molar-refractivity contribution in [2.24, 2.45) is 0 Å². The van der Waals surface area contributed by atoms with Crippen LogP contribution in [0, 0.1) is 5.82 Å². The van der Waals surface area contributed by atoms with Crippen molar-refractivity contribution in [3.8, 4) is 5.75 Å². The third-order valence-electron chi connectivity index (χ3n) is 4.43. The van der Waals surface area contributed by atoms with Crippen LogP contribution in [0.1, 0.15) is 39.5 Å². The molecule has 0 saturated carbocycles. The van der Waals surface area contributed by atoms with E-state index in [1.54, 1.807) is 6.07 Å². The van der Waals surface area contributed by atoms with Gasteiger partial charge in [0.2, 0.25) is 0 Å². The Morgan fingerprint density at radius 2 is 1.90 bits per heavy atom. The summed E-state index contributed by atoms with van der Waals surface area (Å²) in [5.74, 6) is -0.172. The number of aliphatic hydroxyl groups excluding tert-OH is 1. The highest BCUT2D eigenvalue weighted by molar-refractivity contribution is 5.71. The molecule has 4 nitrogen and oxygen atoms in total. The molecule has 5 heteroatoms. The number of halogens is 1. The number of benzene rings is 1. The Morgan fingerprint density at radius 3 is 2.48 bits per heavy atom. The third-order valence-corrected chi connectivity index (χ3v) is 4.43. The maximum absolute atomic E-state index is 14.0. The Balaban J connectivity index is 1.95. The molecule has 2 fully saturated rings. The Labute approximate surface area is 124 Å². The monoisotopic (exact) mass is 294 g/mol. The summed E-state index contributed by atoms with van der Waals surface area (Å²) in [6, 6.07) is 3.64. The lowest BCUT2D eigenvalue weighted by atomic mass is 9.98. The maximum atomic E-state index is 14.0. The van der Waals surface area contributed by atoms with Gasteiger partial charge in [-0.15, -0.1) is 0 Å². The average Bonchev–Trinajstić information content (AvgIpc) is 2.64. The summed E-state index contributed by atoms with van der Waals surface area (Å²) in [5.41, 5.74) is 7.32. The Kier molecular flexibility index (Phi) is 3.69. The molecule has 0 aromatic heterocycles. The van der Waals surface area contributed by atoms with Gasteiger partial charge in [-0.2, -0.15) is 0 Å². The van der Waals surface area contributed by atoms with Crippen molar-refractivity contribution in [3.05, 3.63) is 17.9 Å². The van der Waals surface area contributed by atoms with Crippen molar-refractivity contribution in [3.63, 3.8) is 0 Å². The highest BCUT2D eigenvalue weighted by atomic mass is 19.1. The van der Waals surface area contributed by atoms with Gasteiger partial charge in [-0.25, -0.2) is 4.39 Å². The lowest BCUT2D eigenvalue weighted by Crippen LogP contribution is -2.45. The summed E-state index contributed by atoms with van der Waals surface area (Å²) in [4.78, 5) is 2.26. The first kappa shape index (κ1) is 14.4. The molecule has 3 rings (SSSR count). The molecular formula is C16H23FN2O2. The van der Waals surface area contributed by atoms with E-state index in [9.17, 15) is 9.50 Å². The molecule has 2 unspecified atom stereocenters. The second-order valence-electron chi connectivity index (χ2n) is 6.43. The maximum Gasteiger partial charge on any atom is 0.167 e. The van der Waals surface area contributed by atoms with Crippen LogP contribution in [0.3, 0.4) is 0 Å². The summed E-state index contributed by atoms with van der Waals surface area (Å²) in [6.45, 7) is 3.74. The number of nitrogens with zero attached hydrogens (tertiary/aromatic N) is 1. The van der Waals surface area contributed by atoms with Crippen LogP contribution < -0.4 is 15.4 Å². The van der Waals surface area contributed by atoms with Crippen molar-refractivity contribution < 1.29 is 14.2 Å². The number of anilines is 2. The standard InChI is InChI=1S/C16H23FN2O2/c1-9(2)21-16-8-15(14(18)7-13(16)17)19-10-3-4-11(19)6-12(20)5-10/h7-12,20H,3-6,18H2,1-2H3. The number of rotatable bonds is 3. The quantitative estimate of drug-likeness (QED) is 0.842. The highest BCUT2D eigenvalue weighted by Gasteiger charge is 2.41. The number of fused-ring (bicyclic) bond motifs is 2. The van der Waals surface area contributed by atoms with Gasteiger partial charge in [0.05, 0.1) is 23.6 Å². The fourth-order valence-electron chi connectivity index (χ4n) is 3.67. The SMILES string of the molecule is CC(C)Oc1cc(N2C3CCC2CC(O)C3)c(N)cc1F. The molecule has 116 valence electrons. The summed E-state index contributed by atoms with van der Waals surface area (Å²) < 4.78 is 19.5. The summed E-state index contributed by atoms with van der Waals surface area (Å²) in [7, 11) is 0. The minimum absolute atomic E-state index is 0.0872. The van der Waals surface area contributed by atoms with E-state index in [1.165, 1.54) is 6.07 Å². The topological polar surface area (TPSA) is 58.7 Å². The fraction of sp³-hybridized carbons (Fsp3) is 0.625. The summed E-state index contributed by atoms with van der Waals surface area (Å²) in [6.07, 6.45) is 3.31. The molecule has 0 aliphatic carbocycles. The first-order chi connectivity index (χ1) is 9.95. The predicted octanol–water partition coefficient (Wildman–Crippen LogP) is 2.69. The second-order valence-corrected chi connectivity index (χ2v) is 6.43. The number of hydrogen-bond acceptors (Lipinski definition) is 4. The van der Waals surface area contributed by atoms with Crippen LogP contribution in [0.5, 0.6) is 5.75 Å². The van der Waals surface area contributed by atoms with Crippen molar-refractivity contribution in [1.82, 2.24) is 0 Å². The molecule has 21 heavy (non-hydrogen) atoms. The van der Waals surface area contributed by atoms with Crippen LogP contribution in [0.2, 0.25) is 0 Å². The van der Waals surface area contributed by atoms with Gasteiger partial charge < -0.3 is 20.5 Å². The van der Waals surface area contributed by atoms with Crippen molar-refractivity contribution >= 4 is 11.4 Å². The Bertz CT molecular complexity index is 521. The smallest absolute Gasteiger partial charge is 0.167 e. The molecule has 2 bridgehead atoms. The molecule has 1 aromatic carbocycles. The highest BCUT2D eigenvalue weighted by Crippen LogP contribution is 2.43. The molecule has 2 aliphatic heterocycles. The number of hydrogen-bond donors (Lipinski definition) is 2. The van der Waals surface area contributed by atoms with Crippen LogP contribution in [-0.4, -0.2) is 29.4 Å². The van der Waals surface area contributed by atoms with Crippen molar-refractivity contribution in [2.75, 3.05) is 10.6 Å². The number of nitrogen functional groups attached to an aromatic ring is 1. The first-order valence-electron chi connectivity index (χ1n) is 7.67. The van der Waals surface area contributed by atoms with Crippen LogP contribution in [0.15, 0.2) is 12.1 Å².